The van der Waals surface area contributed by atoms with Gasteiger partial charge in [-0.1, -0.05) is 6.07 Å². The average Bonchev–Trinajstić information content (AvgIpc) is 2.31. The van der Waals surface area contributed by atoms with Gasteiger partial charge in [-0.2, -0.15) is 13.2 Å². The summed E-state index contributed by atoms with van der Waals surface area (Å²) in [5.41, 5.74) is 0.779. The molecule has 0 fully saturated rings. The molecule has 0 radical (unpaired) electrons. The molecule has 4 nitrogen and oxygen atoms in total. The zero-order valence-corrected chi connectivity index (χ0v) is 10.5. The Kier molecular flexibility index (Phi) is 5.17. The minimum atomic E-state index is -4.94. The molecule has 1 aromatic rings. The lowest BCUT2D eigenvalue weighted by Gasteiger charge is -2.14. The molecule has 0 saturated heterocycles. The van der Waals surface area contributed by atoms with Crippen molar-refractivity contribution < 1.29 is 27.4 Å². The van der Waals surface area contributed by atoms with Crippen molar-refractivity contribution in [1.82, 2.24) is 0 Å². The van der Waals surface area contributed by atoms with E-state index in [9.17, 15) is 18.0 Å². The second-order valence-electron chi connectivity index (χ2n) is 3.79. The number of carbonyl (C=O) groups excluding carboxylic acids is 1. The minimum Gasteiger partial charge on any atom is -0.489 e. The smallest absolute Gasteiger partial charge is 0.471 e. The first-order valence-corrected chi connectivity index (χ1v) is 5.45. The summed E-state index contributed by atoms with van der Waals surface area (Å²) >= 11 is 0. The second-order valence-corrected chi connectivity index (χ2v) is 3.79. The van der Waals surface area contributed by atoms with Crippen LogP contribution < -0.4 is 10.1 Å². The highest BCUT2D eigenvalue weighted by Crippen LogP contribution is 2.27. The summed E-state index contributed by atoms with van der Waals surface area (Å²) in [6.07, 6.45) is -4.94. The van der Waals surface area contributed by atoms with Crippen LogP contribution in [0, 0.1) is 6.92 Å². The number of hydrogen-bond donors (Lipinski definition) is 1. The van der Waals surface area contributed by atoms with E-state index in [2.05, 4.69) is 0 Å². The Morgan fingerprint density at radius 1 is 1.32 bits per heavy atom. The maximum absolute atomic E-state index is 12.2. The number of hydrogen-bond acceptors (Lipinski definition) is 3. The highest BCUT2D eigenvalue weighted by molar-refractivity contribution is 5.96. The quantitative estimate of drug-likeness (QED) is 0.841. The van der Waals surface area contributed by atoms with E-state index in [4.69, 9.17) is 9.47 Å². The predicted molar refractivity (Wildman–Crippen MR) is 63.2 cm³/mol. The summed E-state index contributed by atoms with van der Waals surface area (Å²) in [5.74, 6) is -1.86. The monoisotopic (exact) mass is 277 g/mol. The Balaban J connectivity index is 2.84. The van der Waals surface area contributed by atoms with Gasteiger partial charge < -0.3 is 14.8 Å². The average molecular weight is 277 g/mol. The molecule has 1 N–H and O–H groups in total. The zero-order valence-electron chi connectivity index (χ0n) is 10.5. The van der Waals surface area contributed by atoms with Crippen LogP contribution >= 0.6 is 0 Å². The standard InChI is InChI=1S/C12H14F3NO3/c1-8-3-4-9(16-11(17)12(13,14)15)10(7-8)19-6-5-18-2/h3-4,7H,5-6H2,1-2H3,(H,16,17). The summed E-state index contributed by atoms with van der Waals surface area (Å²) in [7, 11) is 1.48. The summed E-state index contributed by atoms with van der Waals surface area (Å²) in [5, 5.41) is 1.77. The molecule has 7 heteroatoms. The van der Waals surface area contributed by atoms with Gasteiger partial charge >= 0.3 is 12.1 Å². The lowest BCUT2D eigenvalue weighted by atomic mass is 10.2. The third kappa shape index (κ3) is 4.78. The number of ether oxygens (including phenoxy) is 2. The fourth-order valence-corrected chi connectivity index (χ4v) is 1.28. The Bertz CT molecular complexity index is 446. The normalized spacial score (nSPS) is 11.2. The number of halogens is 3. The van der Waals surface area contributed by atoms with E-state index in [0.717, 1.165) is 5.56 Å². The number of nitrogens with one attached hydrogen (secondary N) is 1. The summed E-state index contributed by atoms with van der Waals surface area (Å²) in [4.78, 5) is 10.9. The van der Waals surface area contributed by atoms with Crippen LogP contribution in [0.1, 0.15) is 5.56 Å². The molecule has 1 aromatic carbocycles. The SMILES string of the molecule is COCCOc1cc(C)ccc1NC(=O)C(F)(F)F. The fourth-order valence-electron chi connectivity index (χ4n) is 1.28. The van der Waals surface area contributed by atoms with Crippen LogP contribution in [-0.4, -0.2) is 32.4 Å². The summed E-state index contributed by atoms with van der Waals surface area (Å²) in [6, 6.07) is 4.48. The van der Waals surface area contributed by atoms with E-state index in [-0.39, 0.29) is 18.0 Å². The van der Waals surface area contributed by atoms with Gasteiger partial charge in [0.2, 0.25) is 0 Å². The number of benzene rings is 1. The largest absolute Gasteiger partial charge is 0.489 e. The van der Waals surface area contributed by atoms with Crippen molar-refractivity contribution in [1.29, 1.82) is 0 Å². The molecule has 0 aliphatic heterocycles. The molecule has 0 aliphatic rings. The van der Waals surface area contributed by atoms with Gasteiger partial charge in [0.1, 0.15) is 12.4 Å². The van der Waals surface area contributed by atoms with Crippen LogP contribution in [0.4, 0.5) is 18.9 Å². The highest BCUT2D eigenvalue weighted by atomic mass is 19.4. The Hall–Kier alpha value is -1.76. The van der Waals surface area contributed by atoms with Crippen molar-refractivity contribution in [3.05, 3.63) is 23.8 Å². The number of carbonyl (C=O) groups is 1. The number of amides is 1. The molecule has 0 bridgehead atoms. The van der Waals surface area contributed by atoms with Crippen LogP contribution in [0.5, 0.6) is 5.75 Å². The summed E-state index contributed by atoms with van der Waals surface area (Å²) in [6.45, 7) is 2.23. The highest BCUT2D eigenvalue weighted by Gasteiger charge is 2.39. The number of methoxy groups -OCH3 is 1. The molecule has 106 valence electrons. The van der Waals surface area contributed by atoms with Crippen molar-refractivity contribution in [3.63, 3.8) is 0 Å². The van der Waals surface area contributed by atoms with Gasteiger partial charge in [-0.05, 0) is 24.6 Å². The third-order valence-electron chi connectivity index (χ3n) is 2.19. The van der Waals surface area contributed by atoms with Gasteiger partial charge in [-0.25, -0.2) is 0 Å². The van der Waals surface area contributed by atoms with Crippen molar-refractivity contribution in [2.24, 2.45) is 0 Å². The molecule has 1 rings (SSSR count). The Morgan fingerprint density at radius 2 is 2.00 bits per heavy atom. The molecule has 0 spiro atoms. The minimum absolute atomic E-state index is 0.0240. The van der Waals surface area contributed by atoms with E-state index in [0.29, 0.717) is 6.61 Å². The van der Waals surface area contributed by atoms with E-state index in [1.807, 2.05) is 0 Å². The topological polar surface area (TPSA) is 47.6 Å². The molecule has 0 aromatic heterocycles. The van der Waals surface area contributed by atoms with E-state index < -0.39 is 12.1 Å². The molecule has 0 unspecified atom stereocenters. The molecular formula is C12H14F3NO3. The number of rotatable bonds is 5. The van der Waals surface area contributed by atoms with Crippen LogP contribution in [0.25, 0.3) is 0 Å². The zero-order chi connectivity index (χ0) is 14.5. The molecule has 19 heavy (non-hydrogen) atoms. The van der Waals surface area contributed by atoms with Gasteiger partial charge in [0, 0.05) is 7.11 Å². The Labute approximate surface area is 108 Å². The van der Waals surface area contributed by atoms with Crippen LogP contribution in [0.2, 0.25) is 0 Å². The molecule has 0 heterocycles. The number of alkyl halides is 3. The van der Waals surface area contributed by atoms with Crippen molar-refractivity contribution in [3.8, 4) is 5.75 Å². The summed E-state index contributed by atoms with van der Waals surface area (Å²) < 4.78 is 46.6. The van der Waals surface area contributed by atoms with E-state index >= 15 is 0 Å². The molecule has 0 saturated carbocycles. The van der Waals surface area contributed by atoms with Gasteiger partial charge in [-0.3, -0.25) is 4.79 Å². The number of aryl methyl sites for hydroxylation is 1. The number of anilines is 1. The molecular weight excluding hydrogens is 263 g/mol. The van der Waals surface area contributed by atoms with Gasteiger partial charge in [0.25, 0.3) is 0 Å². The van der Waals surface area contributed by atoms with Gasteiger partial charge in [-0.15, -0.1) is 0 Å². The van der Waals surface area contributed by atoms with E-state index in [1.165, 1.54) is 13.2 Å². The van der Waals surface area contributed by atoms with Crippen molar-refractivity contribution >= 4 is 11.6 Å². The second kappa shape index (κ2) is 6.42. The third-order valence-corrected chi connectivity index (χ3v) is 2.19. The molecule has 1 amide bonds. The van der Waals surface area contributed by atoms with Crippen molar-refractivity contribution in [2.45, 2.75) is 13.1 Å². The van der Waals surface area contributed by atoms with Crippen LogP contribution in [-0.2, 0) is 9.53 Å². The predicted octanol–water partition coefficient (Wildman–Crippen LogP) is 2.52. The maximum atomic E-state index is 12.2. The van der Waals surface area contributed by atoms with Gasteiger partial charge in [0.15, 0.2) is 0 Å². The fraction of sp³-hybridized carbons (Fsp3) is 0.417. The Morgan fingerprint density at radius 3 is 2.58 bits per heavy atom. The van der Waals surface area contributed by atoms with Crippen molar-refractivity contribution in [2.75, 3.05) is 25.6 Å². The lowest BCUT2D eigenvalue weighted by molar-refractivity contribution is -0.167. The first-order valence-electron chi connectivity index (χ1n) is 5.45. The lowest BCUT2D eigenvalue weighted by Crippen LogP contribution is -2.30. The van der Waals surface area contributed by atoms with Crippen LogP contribution in [0.15, 0.2) is 18.2 Å². The molecule has 0 aliphatic carbocycles. The molecule has 0 atom stereocenters. The van der Waals surface area contributed by atoms with Crippen LogP contribution in [0.3, 0.4) is 0 Å². The maximum Gasteiger partial charge on any atom is 0.471 e. The first-order chi connectivity index (χ1) is 8.84. The van der Waals surface area contributed by atoms with Gasteiger partial charge in [0.05, 0.1) is 12.3 Å². The van der Waals surface area contributed by atoms with E-state index in [1.54, 1.807) is 24.4 Å². The first kappa shape index (κ1) is 15.3.